The zero-order valence-corrected chi connectivity index (χ0v) is 16.9. The Morgan fingerprint density at radius 2 is 2.00 bits per heavy atom. The summed E-state index contributed by atoms with van der Waals surface area (Å²) in [6.07, 6.45) is 4.09. The first kappa shape index (κ1) is 20.6. The van der Waals surface area contributed by atoms with Gasteiger partial charge in [0.05, 0.1) is 24.1 Å². The van der Waals surface area contributed by atoms with Gasteiger partial charge in [-0.2, -0.15) is 0 Å². The summed E-state index contributed by atoms with van der Waals surface area (Å²) < 4.78 is 7.73. The molecule has 3 aromatic rings. The van der Waals surface area contributed by atoms with Crippen LogP contribution in [0, 0.1) is 6.92 Å². The first-order valence-corrected chi connectivity index (χ1v) is 9.79. The second kappa shape index (κ2) is 9.89. The van der Waals surface area contributed by atoms with E-state index >= 15 is 0 Å². The van der Waals surface area contributed by atoms with Gasteiger partial charge in [-0.05, 0) is 37.1 Å². The first-order chi connectivity index (χ1) is 14.0. The number of carbonyl (C=O) groups is 1. The van der Waals surface area contributed by atoms with Crippen LogP contribution in [0.4, 0.5) is 0 Å². The molecule has 6 nitrogen and oxygen atoms in total. The highest BCUT2D eigenvalue weighted by Crippen LogP contribution is 2.12. The molecule has 3 N–H and O–H groups in total. The molecular weight excluding hydrogens is 364 g/mol. The van der Waals surface area contributed by atoms with Crippen molar-refractivity contribution in [3.8, 4) is 5.75 Å². The Kier molecular flexibility index (Phi) is 7.03. The molecule has 0 aliphatic heterocycles. The molecule has 0 saturated carbocycles. The zero-order chi connectivity index (χ0) is 20.6. The van der Waals surface area contributed by atoms with E-state index < -0.39 is 6.04 Å². The number of imidazole rings is 1. The third-order valence-electron chi connectivity index (χ3n) is 4.54. The number of hydrogen-bond acceptors (Lipinski definition) is 4. The summed E-state index contributed by atoms with van der Waals surface area (Å²) in [5, 5.41) is 2.91. The summed E-state index contributed by atoms with van der Waals surface area (Å²) in [5.74, 6) is 0.585. The Hall–Kier alpha value is -3.12. The summed E-state index contributed by atoms with van der Waals surface area (Å²) in [6, 6.07) is 17.2. The molecule has 0 aliphatic carbocycles. The van der Waals surface area contributed by atoms with Crippen molar-refractivity contribution in [3.05, 3.63) is 83.9 Å². The van der Waals surface area contributed by atoms with E-state index in [1.807, 2.05) is 67.1 Å². The van der Waals surface area contributed by atoms with E-state index in [4.69, 9.17) is 10.5 Å². The highest BCUT2D eigenvalue weighted by Gasteiger charge is 2.18. The van der Waals surface area contributed by atoms with Crippen LogP contribution in [0.3, 0.4) is 0 Å². The second-order valence-electron chi connectivity index (χ2n) is 7.37. The van der Waals surface area contributed by atoms with Gasteiger partial charge in [-0.25, -0.2) is 4.98 Å². The summed E-state index contributed by atoms with van der Waals surface area (Å²) in [6.45, 7) is 5.03. The van der Waals surface area contributed by atoms with Crippen molar-refractivity contribution in [3.63, 3.8) is 0 Å². The van der Waals surface area contributed by atoms with Gasteiger partial charge in [0, 0.05) is 19.2 Å². The Balaban J connectivity index is 1.45. The average molecular weight is 393 g/mol. The van der Waals surface area contributed by atoms with Crippen LogP contribution < -0.4 is 15.8 Å². The van der Waals surface area contributed by atoms with Crippen LogP contribution in [0.25, 0.3) is 0 Å². The monoisotopic (exact) mass is 392 g/mol. The molecule has 2 atom stereocenters. The second-order valence-corrected chi connectivity index (χ2v) is 7.37. The molecule has 0 saturated heterocycles. The van der Waals surface area contributed by atoms with Crippen molar-refractivity contribution >= 4 is 5.91 Å². The Labute approximate surface area is 171 Å². The molecule has 0 aliphatic rings. The fraction of sp³-hybridized carbons (Fsp3) is 0.304. The van der Waals surface area contributed by atoms with Crippen molar-refractivity contribution in [2.45, 2.75) is 38.9 Å². The molecule has 0 fully saturated rings. The van der Waals surface area contributed by atoms with E-state index in [0.29, 0.717) is 13.0 Å². The number of nitrogens with two attached hydrogens (primary N) is 1. The molecule has 0 radical (unpaired) electrons. The number of rotatable bonds is 9. The Morgan fingerprint density at radius 3 is 2.76 bits per heavy atom. The van der Waals surface area contributed by atoms with Crippen molar-refractivity contribution in [1.82, 2.24) is 14.9 Å². The van der Waals surface area contributed by atoms with E-state index in [1.54, 1.807) is 6.33 Å². The highest BCUT2D eigenvalue weighted by atomic mass is 16.5. The molecule has 0 spiro atoms. The SMILES string of the molecule is Cc1cccc(OCC(C)NC(=O)[C@@H](N)Cc2cn(Cc3ccccc3)cn2)c1. The van der Waals surface area contributed by atoms with Crippen LogP contribution >= 0.6 is 0 Å². The lowest BCUT2D eigenvalue weighted by Crippen LogP contribution is -2.47. The minimum Gasteiger partial charge on any atom is -0.491 e. The number of aryl methyl sites for hydroxylation is 1. The fourth-order valence-electron chi connectivity index (χ4n) is 3.03. The normalized spacial score (nSPS) is 12.9. The third-order valence-corrected chi connectivity index (χ3v) is 4.54. The number of carbonyl (C=O) groups excluding carboxylic acids is 1. The molecule has 1 unspecified atom stereocenters. The van der Waals surface area contributed by atoms with Gasteiger partial charge in [-0.15, -0.1) is 0 Å². The number of ether oxygens (including phenoxy) is 1. The summed E-state index contributed by atoms with van der Waals surface area (Å²) in [5.41, 5.74) is 9.21. The molecule has 3 rings (SSSR count). The van der Waals surface area contributed by atoms with Crippen LogP contribution in [-0.2, 0) is 17.8 Å². The minimum absolute atomic E-state index is 0.148. The van der Waals surface area contributed by atoms with Gasteiger partial charge in [0.15, 0.2) is 0 Å². The lowest BCUT2D eigenvalue weighted by atomic mass is 10.1. The number of hydrogen-bond donors (Lipinski definition) is 2. The maximum absolute atomic E-state index is 12.4. The number of nitrogens with one attached hydrogen (secondary N) is 1. The first-order valence-electron chi connectivity index (χ1n) is 9.79. The van der Waals surface area contributed by atoms with Crippen molar-refractivity contribution in [1.29, 1.82) is 0 Å². The largest absolute Gasteiger partial charge is 0.491 e. The zero-order valence-electron chi connectivity index (χ0n) is 16.9. The molecule has 1 aromatic heterocycles. The third kappa shape index (κ3) is 6.47. The molecule has 6 heteroatoms. The van der Waals surface area contributed by atoms with Crippen molar-refractivity contribution in [2.75, 3.05) is 6.61 Å². The molecular formula is C23H28N4O2. The quantitative estimate of drug-likeness (QED) is 0.587. The lowest BCUT2D eigenvalue weighted by molar-refractivity contribution is -0.123. The number of amides is 1. The molecule has 2 aromatic carbocycles. The summed E-state index contributed by atoms with van der Waals surface area (Å²) in [4.78, 5) is 16.8. The predicted molar refractivity (Wildman–Crippen MR) is 114 cm³/mol. The van der Waals surface area contributed by atoms with Crippen molar-refractivity contribution in [2.24, 2.45) is 5.73 Å². The summed E-state index contributed by atoms with van der Waals surface area (Å²) >= 11 is 0. The Bertz CT molecular complexity index is 923. The van der Waals surface area contributed by atoms with E-state index in [2.05, 4.69) is 22.4 Å². The predicted octanol–water partition coefficient (Wildman–Crippen LogP) is 2.69. The molecule has 1 heterocycles. The van der Waals surface area contributed by atoms with E-state index in [1.165, 1.54) is 5.56 Å². The minimum atomic E-state index is -0.656. The van der Waals surface area contributed by atoms with Crippen LogP contribution in [0.1, 0.15) is 23.7 Å². The topological polar surface area (TPSA) is 82.2 Å². The highest BCUT2D eigenvalue weighted by molar-refractivity contribution is 5.82. The van der Waals surface area contributed by atoms with Gasteiger partial charge in [0.25, 0.3) is 0 Å². The fourth-order valence-corrected chi connectivity index (χ4v) is 3.03. The average Bonchev–Trinajstić information content (AvgIpc) is 3.14. The maximum Gasteiger partial charge on any atom is 0.237 e. The van der Waals surface area contributed by atoms with E-state index in [0.717, 1.165) is 23.6 Å². The van der Waals surface area contributed by atoms with Gasteiger partial charge in [0.2, 0.25) is 5.91 Å². The molecule has 152 valence electrons. The maximum atomic E-state index is 12.4. The van der Waals surface area contributed by atoms with Crippen LogP contribution in [-0.4, -0.2) is 34.1 Å². The summed E-state index contributed by atoms with van der Waals surface area (Å²) in [7, 11) is 0. The van der Waals surface area contributed by atoms with Crippen molar-refractivity contribution < 1.29 is 9.53 Å². The van der Waals surface area contributed by atoms with Gasteiger partial charge in [0.1, 0.15) is 12.4 Å². The Morgan fingerprint density at radius 1 is 1.21 bits per heavy atom. The molecule has 0 bridgehead atoms. The number of benzene rings is 2. The van der Waals surface area contributed by atoms with Crippen LogP contribution in [0.5, 0.6) is 5.75 Å². The molecule has 1 amide bonds. The number of aromatic nitrogens is 2. The van der Waals surface area contributed by atoms with Gasteiger partial charge >= 0.3 is 0 Å². The smallest absolute Gasteiger partial charge is 0.237 e. The van der Waals surface area contributed by atoms with Gasteiger partial charge in [-0.1, -0.05) is 42.5 Å². The van der Waals surface area contributed by atoms with E-state index in [9.17, 15) is 4.79 Å². The van der Waals surface area contributed by atoms with Crippen LogP contribution in [0.2, 0.25) is 0 Å². The van der Waals surface area contributed by atoms with Crippen LogP contribution in [0.15, 0.2) is 67.1 Å². The molecule has 29 heavy (non-hydrogen) atoms. The van der Waals surface area contributed by atoms with E-state index in [-0.39, 0.29) is 11.9 Å². The standard InChI is InChI=1S/C23H28N4O2/c1-17-7-6-10-21(11-17)29-15-18(2)26-23(28)22(24)12-20-14-27(16-25-20)13-19-8-4-3-5-9-19/h3-11,14,16,18,22H,12-13,15,24H2,1-2H3,(H,26,28)/t18?,22-/m0/s1. The lowest BCUT2D eigenvalue weighted by Gasteiger charge is -2.18. The number of nitrogens with zero attached hydrogens (tertiary/aromatic N) is 2. The van der Waals surface area contributed by atoms with Gasteiger partial charge < -0.3 is 20.4 Å². The van der Waals surface area contributed by atoms with Gasteiger partial charge in [-0.3, -0.25) is 4.79 Å².